The van der Waals surface area contributed by atoms with Gasteiger partial charge in [0.15, 0.2) is 11.9 Å². The fraction of sp³-hybridized carbons (Fsp3) is 0.442. The summed E-state index contributed by atoms with van der Waals surface area (Å²) < 4.78 is 17.9. The molecule has 6 N–H and O–H groups in total. The summed E-state index contributed by atoms with van der Waals surface area (Å²) in [7, 11) is 0. The van der Waals surface area contributed by atoms with Crippen LogP contribution in [0.25, 0.3) is 0 Å². The number of hydrogen-bond donors (Lipinski definition) is 6. The maximum atomic E-state index is 14.7. The Bertz CT molecular complexity index is 2090. The molecule has 302 valence electrons. The van der Waals surface area contributed by atoms with Crippen molar-refractivity contribution in [2.24, 2.45) is 16.7 Å². The van der Waals surface area contributed by atoms with Crippen LogP contribution in [-0.2, 0) is 23.8 Å². The van der Waals surface area contributed by atoms with E-state index in [2.05, 4.69) is 5.32 Å². The molecule has 1 aliphatic heterocycles. The third-order valence-corrected chi connectivity index (χ3v) is 13.2. The van der Waals surface area contributed by atoms with Gasteiger partial charge in [0.2, 0.25) is 0 Å². The highest BCUT2D eigenvalue weighted by Crippen LogP contribution is 2.63. The summed E-state index contributed by atoms with van der Waals surface area (Å²) >= 11 is 6.12. The lowest BCUT2D eigenvalue weighted by Crippen LogP contribution is -2.81. The molecular formula is C43H46ClNO12. The Balaban J connectivity index is 1.31. The summed E-state index contributed by atoms with van der Waals surface area (Å²) in [6.45, 7) is 5.67. The van der Waals surface area contributed by atoms with Crippen LogP contribution in [0, 0.1) is 16.7 Å². The Hall–Kier alpha value is -4.47. The van der Waals surface area contributed by atoms with Crippen LogP contribution < -0.4 is 5.32 Å². The first-order chi connectivity index (χ1) is 26.9. The van der Waals surface area contributed by atoms with Crippen LogP contribution in [0.1, 0.15) is 72.9 Å². The number of hydrogen-bond acceptors (Lipinski definition) is 12. The maximum absolute atomic E-state index is 14.7. The molecule has 11 atom stereocenters. The van der Waals surface area contributed by atoms with E-state index in [9.17, 15) is 44.7 Å². The number of carbonyl (C=O) groups is 4. The van der Waals surface area contributed by atoms with Gasteiger partial charge in [-0.05, 0) is 67.0 Å². The van der Waals surface area contributed by atoms with E-state index >= 15 is 0 Å². The molecule has 13 nitrogen and oxygen atoms in total. The Labute approximate surface area is 334 Å². The van der Waals surface area contributed by atoms with Crippen molar-refractivity contribution in [2.75, 3.05) is 6.61 Å². The second-order valence-electron chi connectivity index (χ2n) is 16.4. The van der Waals surface area contributed by atoms with Crippen molar-refractivity contribution in [1.82, 2.24) is 5.32 Å². The van der Waals surface area contributed by atoms with Crippen molar-refractivity contribution in [3.63, 3.8) is 0 Å². The molecule has 14 heteroatoms. The minimum absolute atomic E-state index is 0.0493. The molecule has 0 radical (unpaired) electrons. The smallest absolute Gasteiger partial charge is 0.338 e. The molecule has 7 rings (SSSR count). The van der Waals surface area contributed by atoms with Gasteiger partial charge in [0.25, 0.3) is 5.91 Å². The quantitative estimate of drug-likeness (QED) is 0.143. The number of aliphatic hydroxyl groups is 5. The number of ether oxygens (including phenoxy) is 3. The van der Waals surface area contributed by atoms with Gasteiger partial charge in [-0.15, -0.1) is 0 Å². The number of fused-ring (bicyclic) bond motifs is 5. The SMILES string of the molecule is CC1=C2C(O)C(=O)[C@]3(C)C(O)CC4OCC4(O)C3C(OC(=O)c3ccccc3)C(O)(CC1OC(=O)C(O)[C@@H](NC(=O)c1ccccc1)c1ccc(Cl)cc1)C2(C)C. The Kier molecular flexibility index (Phi) is 10.5. The van der Waals surface area contributed by atoms with Gasteiger partial charge >= 0.3 is 11.9 Å². The molecule has 9 unspecified atom stereocenters. The number of benzene rings is 3. The fourth-order valence-electron chi connectivity index (χ4n) is 9.55. The Morgan fingerprint density at radius 2 is 1.49 bits per heavy atom. The van der Waals surface area contributed by atoms with E-state index in [0.29, 0.717) is 10.6 Å². The number of aliphatic hydroxyl groups excluding tert-OH is 3. The molecule has 2 bridgehead atoms. The second-order valence-corrected chi connectivity index (χ2v) is 16.8. The van der Waals surface area contributed by atoms with E-state index in [1.54, 1.807) is 62.4 Å². The van der Waals surface area contributed by atoms with Gasteiger partial charge in [0, 0.05) is 34.8 Å². The van der Waals surface area contributed by atoms with Crippen LogP contribution in [0.4, 0.5) is 0 Å². The number of amides is 1. The molecule has 3 aromatic carbocycles. The number of carbonyl (C=O) groups excluding carboxylic acids is 4. The molecule has 3 aliphatic carbocycles. The monoisotopic (exact) mass is 803 g/mol. The largest absolute Gasteiger partial charge is 0.456 e. The first-order valence-corrected chi connectivity index (χ1v) is 19.2. The molecule has 1 heterocycles. The minimum atomic E-state index is -2.32. The first-order valence-electron chi connectivity index (χ1n) is 18.8. The predicted molar refractivity (Wildman–Crippen MR) is 204 cm³/mol. The summed E-state index contributed by atoms with van der Waals surface area (Å²) in [6.07, 6.45) is -10.4. The molecule has 2 saturated carbocycles. The van der Waals surface area contributed by atoms with Gasteiger partial charge in [0.05, 0.1) is 35.8 Å². The van der Waals surface area contributed by atoms with E-state index in [0.717, 1.165) is 0 Å². The van der Waals surface area contributed by atoms with E-state index in [4.69, 9.17) is 25.8 Å². The lowest BCUT2D eigenvalue weighted by molar-refractivity contribution is -0.343. The number of Topliss-reactive ketones (excluding diaryl/α,β-unsaturated/α-hetero) is 1. The molecule has 1 saturated heterocycles. The van der Waals surface area contributed by atoms with E-state index in [1.807, 2.05) is 0 Å². The summed E-state index contributed by atoms with van der Waals surface area (Å²) in [5, 5.41) is 64.0. The van der Waals surface area contributed by atoms with Crippen molar-refractivity contribution < 1.29 is 58.9 Å². The van der Waals surface area contributed by atoms with Gasteiger partial charge in [-0.3, -0.25) is 9.59 Å². The number of esters is 2. The summed E-state index contributed by atoms with van der Waals surface area (Å²) in [6, 6.07) is 20.8. The van der Waals surface area contributed by atoms with Crippen LogP contribution in [0.15, 0.2) is 96.1 Å². The topological polar surface area (TPSA) is 209 Å². The molecule has 57 heavy (non-hydrogen) atoms. The van der Waals surface area contributed by atoms with E-state index in [1.165, 1.54) is 50.2 Å². The fourth-order valence-corrected chi connectivity index (χ4v) is 9.68. The van der Waals surface area contributed by atoms with Crippen LogP contribution in [-0.4, -0.2) is 104 Å². The summed E-state index contributed by atoms with van der Waals surface area (Å²) in [5.41, 5.74) is -7.03. The number of nitrogens with one attached hydrogen (secondary N) is 1. The highest BCUT2D eigenvalue weighted by atomic mass is 35.5. The average molecular weight is 804 g/mol. The van der Waals surface area contributed by atoms with Crippen molar-refractivity contribution in [3.05, 3.63) is 118 Å². The normalized spacial score (nSPS) is 33.9. The van der Waals surface area contributed by atoms with Crippen molar-refractivity contribution in [3.8, 4) is 0 Å². The molecule has 3 aromatic rings. The predicted octanol–water partition coefficient (Wildman–Crippen LogP) is 3.25. The van der Waals surface area contributed by atoms with Gasteiger partial charge in [-0.2, -0.15) is 0 Å². The molecule has 3 fully saturated rings. The summed E-state index contributed by atoms with van der Waals surface area (Å²) in [5.74, 6) is -5.17. The lowest BCUT2D eigenvalue weighted by Gasteiger charge is -2.66. The lowest BCUT2D eigenvalue weighted by atomic mass is 9.44. The first kappa shape index (κ1) is 40.7. The molecule has 0 spiro atoms. The van der Waals surface area contributed by atoms with E-state index < -0.39 is 101 Å². The highest BCUT2D eigenvalue weighted by Gasteiger charge is 2.76. The second kappa shape index (κ2) is 14.7. The molecule has 1 amide bonds. The number of halogens is 1. The average Bonchev–Trinajstić information content (AvgIpc) is 3.19. The Morgan fingerprint density at radius 3 is 2.07 bits per heavy atom. The Morgan fingerprint density at radius 1 is 0.895 bits per heavy atom. The van der Waals surface area contributed by atoms with Gasteiger partial charge in [0.1, 0.15) is 29.5 Å². The standard InChI is InChI=1S/C43H46ClNO12/c1-22-27(56-39(52)33(48)31(23-15-17-26(44)18-16-23)45-37(50)24-11-7-5-8-12-24)20-43(54)36(57-38(51)25-13-9-6-10-14-25)34-41(4,28(46)19-29-42(34,53)21-55-29)35(49)32(47)30(22)40(43,2)3/h5-18,27-29,31-34,36,46-48,53-54H,19-21H2,1-4H3,(H,45,50)/t27?,28?,29?,31-,32?,33?,34?,36?,41+,42?,43?/m0/s1. The number of rotatable bonds is 8. The van der Waals surface area contributed by atoms with Crippen molar-refractivity contribution >= 4 is 35.2 Å². The zero-order valence-electron chi connectivity index (χ0n) is 31.8. The minimum Gasteiger partial charge on any atom is -0.456 e. The molecule has 4 aliphatic rings. The van der Waals surface area contributed by atoms with Crippen LogP contribution in [0.3, 0.4) is 0 Å². The zero-order chi connectivity index (χ0) is 41.2. The van der Waals surface area contributed by atoms with Crippen molar-refractivity contribution in [2.45, 2.75) is 94.4 Å². The van der Waals surface area contributed by atoms with Crippen LogP contribution in [0.5, 0.6) is 0 Å². The van der Waals surface area contributed by atoms with Crippen LogP contribution >= 0.6 is 11.6 Å². The molecular weight excluding hydrogens is 758 g/mol. The van der Waals surface area contributed by atoms with Gasteiger partial charge in [-0.1, -0.05) is 74.0 Å². The van der Waals surface area contributed by atoms with E-state index in [-0.39, 0.29) is 35.3 Å². The third kappa shape index (κ3) is 6.49. The van der Waals surface area contributed by atoms with Gasteiger partial charge < -0.3 is 45.1 Å². The van der Waals surface area contributed by atoms with Crippen LogP contribution in [0.2, 0.25) is 5.02 Å². The van der Waals surface area contributed by atoms with Crippen molar-refractivity contribution in [1.29, 1.82) is 0 Å². The zero-order valence-corrected chi connectivity index (χ0v) is 32.6. The summed E-state index contributed by atoms with van der Waals surface area (Å²) in [4.78, 5) is 56.1. The highest BCUT2D eigenvalue weighted by molar-refractivity contribution is 6.30. The third-order valence-electron chi connectivity index (χ3n) is 13.0. The number of ketones is 1. The van der Waals surface area contributed by atoms with Gasteiger partial charge in [-0.25, -0.2) is 9.59 Å². The maximum Gasteiger partial charge on any atom is 0.338 e. The molecule has 0 aromatic heterocycles.